The monoisotopic (exact) mass is 255 g/mol. The molecule has 0 aromatic carbocycles. The van der Waals surface area contributed by atoms with Crippen molar-refractivity contribution < 1.29 is 5.11 Å². The minimum Gasteiger partial charge on any atom is -0.387 e. The van der Waals surface area contributed by atoms with Crippen molar-refractivity contribution in [3.05, 3.63) is 27.7 Å². The number of thiazole rings is 2. The molecule has 0 amide bonds. The Bertz CT molecular complexity index is 439. The van der Waals surface area contributed by atoms with E-state index in [1.54, 1.807) is 18.3 Å². The summed E-state index contributed by atoms with van der Waals surface area (Å²) in [5, 5.41) is 14.2. The van der Waals surface area contributed by atoms with Gasteiger partial charge < -0.3 is 10.0 Å². The van der Waals surface area contributed by atoms with Crippen molar-refractivity contribution in [1.29, 1.82) is 0 Å². The molecule has 1 atom stereocenters. The van der Waals surface area contributed by atoms with Crippen molar-refractivity contribution in [1.82, 2.24) is 9.97 Å². The summed E-state index contributed by atoms with van der Waals surface area (Å²) in [6.45, 7) is 2.47. The van der Waals surface area contributed by atoms with Crippen LogP contribution in [0.2, 0.25) is 0 Å². The average molecular weight is 255 g/mol. The van der Waals surface area contributed by atoms with Crippen molar-refractivity contribution in [2.75, 3.05) is 11.9 Å². The Hall–Kier alpha value is -0.980. The molecule has 6 heteroatoms. The van der Waals surface area contributed by atoms with Gasteiger partial charge in [0.05, 0.1) is 29.5 Å². The summed E-state index contributed by atoms with van der Waals surface area (Å²) in [6, 6.07) is 0. The molecular weight excluding hydrogens is 242 g/mol. The number of anilines is 1. The van der Waals surface area contributed by atoms with E-state index in [-0.39, 0.29) is 0 Å². The number of aromatic nitrogens is 2. The smallest absolute Gasteiger partial charge is 0.185 e. The van der Waals surface area contributed by atoms with Crippen LogP contribution < -0.4 is 4.90 Å². The van der Waals surface area contributed by atoms with Crippen molar-refractivity contribution in [3.8, 4) is 0 Å². The van der Waals surface area contributed by atoms with Crippen LogP contribution in [-0.2, 0) is 6.54 Å². The highest BCUT2D eigenvalue weighted by molar-refractivity contribution is 7.13. The van der Waals surface area contributed by atoms with E-state index in [1.807, 2.05) is 28.2 Å². The molecule has 2 heterocycles. The lowest BCUT2D eigenvalue weighted by molar-refractivity contribution is 0.195. The van der Waals surface area contributed by atoms with Crippen LogP contribution in [-0.4, -0.2) is 22.1 Å². The Morgan fingerprint density at radius 2 is 2.31 bits per heavy atom. The maximum atomic E-state index is 9.39. The second-order valence-electron chi connectivity index (χ2n) is 3.57. The highest BCUT2D eigenvalue weighted by Crippen LogP contribution is 2.24. The first-order valence-corrected chi connectivity index (χ1v) is 6.70. The van der Waals surface area contributed by atoms with Crippen LogP contribution in [0.3, 0.4) is 0 Å². The predicted octanol–water partition coefficient (Wildman–Crippen LogP) is 2.29. The predicted molar refractivity (Wildman–Crippen MR) is 67.0 cm³/mol. The van der Waals surface area contributed by atoms with Gasteiger partial charge in [-0.2, -0.15) is 0 Å². The highest BCUT2D eigenvalue weighted by Gasteiger charge is 2.11. The molecule has 0 saturated heterocycles. The second kappa shape index (κ2) is 4.90. The van der Waals surface area contributed by atoms with E-state index in [0.29, 0.717) is 0 Å². The number of aliphatic hydroxyl groups excluding tert-OH is 1. The van der Waals surface area contributed by atoms with Gasteiger partial charge in [0.1, 0.15) is 0 Å². The molecule has 0 bridgehead atoms. The van der Waals surface area contributed by atoms with E-state index in [2.05, 4.69) is 9.97 Å². The summed E-state index contributed by atoms with van der Waals surface area (Å²) in [5.41, 5.74) is 3.60. The molecular formula is C10H13N3OS2. The lowest BCUT2D eigenvalue weighted by Gasteiger charge is -2.13. The average Bonchev–Trinajstić information content (AvgIpc) is 2.86. The lowest BCUT2D eigenvalue weighted by Crippen LogP contribution is -2.16. The van der Waals surface area contributed by atoms with E-state index in [0.717, 1.165) is 23.1 Å². The first kappa shape index (κ1) is 11.5. The molecule has 1 N–H and O–H groups in total. The number of aliphatic hydroxyl groups is 1. The van der Waals surface area contributed by atoms with Gasteiger partial charge in [-0.3, -0.25) is 0 Å². The zero-order chi connectivity index (χ0) is 11.5. The molecule has 0 saturated carbocycles. The summed E-state index contributed by atoms with van der Waals surface area (Å²) >= 11 is 3.13. The molecule has 0 fully saturated rings. The van der Waals surface area contributed by atoms with Crippen LogP contribution >= 0.6 is 22.7 Å². The molecule has 0 aliphatic heterocycles. The number of nitrogens with zero attached hydrogens (tertiary/aromatic N) is 3. The van der Waals surface area contributed by atoms with Crippen LogP contribution in [0.15, 0.2) is 16.3 Å². The highest BCUT2D eigenvalue weighted by atomic mass is 32.1. The summed E-state index contributed by atoms with van der Waals surface area (Å²) in [7, 11) is 1.98. The SMILES string of the molecule is CC(O)c1csc(N(C)Cc2cscn2)n1. The lowest BCUT2D eigenvalue weighted by atomic mass is 10.3. The van der Waals surface area contributed by atoms with Crippen molar-refractivity contribution in [3.63, 3.8) is 0 Å². The zero-order valence-electron chi connectivity index (χ0n) is 9.12. The van der Waals surface area contributed by atoms with Crippen LogP contribution in [0.5, 0.6) is 0 Å². The van der Waals surface area contributed by atoms with Gasteiger partial charge in [-0.1, -0.05) is 0 Å². The molecule has 0 aliphatic rings. The molecule has 0 aliphatic carbocycles. The fourth-order valence-electron chi connectivity index (χ4n) is 1.27. The Kier molecular flexibility index (Phi) is 3.52. The fraction of sp³-hybridized carbons (Fsp3) is 0.400. The second-order valence-corrected chi connectivity index (χ2v) is 5.12. The quantitative estimate of drug-likeness (QED) is 0.910. The molecule has 0 spiro atoms. The number of rotatable bonds is 4. The third kappa shape index (κ3) is 2.58. The maximum Gasteiger partial charge on any atom is 0.185 e. The van der Waals surface area contributed by atoms with Crippen molar-refractivity contribution in [2.24, 2.45) is 0 Å². The van der Waals surface area contributed by atoms with E-state index < -0.39 is 6.10 Å². The van der Waals surface area contributed by atoms with Gasteiger partial charge in [-0.05, 0) is 6.92 Å². The van der Waals surface area contributed by atoms with E-state index >= 15 is 0 Å². The first-order chi connectivity index (χ1) is 7.66. The molecule has 2 aromatic heterocycles. The first-order valence-electron chi connectivity index (χ1n) is 4.88. The van der Waals surface area contributed by atoms with Crippen LogP contribution in [0.4, 0.5) is 5.13 Å². The van der Waals surface area contributed by atoms with Gasteiger partial charge in [0.2, 0.25) is 0 Å². The molecule has 16 heavy (non-hydrogen) atoms. The number of hydrogen-bond acceptors (Lipinski definition) is 6. The van der Waals surface area contributed by atoms with Crippen LogP contribution in [0.1, 0.15) is 24.4 Å². The van der Waals surface area contributed by atoms with E-state index in [1.165, 1.54) is 11.3 Å². The third-order valence-corrected chi connectivity index (χ3v) is 3.76. The Labute approximate surface area is 102 Å². The van der Waals surface area contributed by atoms with Gasteiger partial charge in [0, 0.05) is 17.8 Å². The minimum atomic E-state index is -0.502. The molecule has 0 radical (unpaired) electrons. The summed E-state index contributed by atoms with van der Waals surface area (Å²) in [6.07, 6.45) is -0.502. The molecule has 86 valence electrons. The number of hydrogen-bond donors (Lipinski definition) is 1. The molecule has 4 nitrogen and oxygen atoms in total. The molecule has 1 unspecified atom stereocenters. The standard InChI is InChI=1S/C10H13N3OS2/c1-7(14)9-5-16-10(12-9)13(2)3-8-4-15-6-11-8/h4-7,14H,3H2,1-2H3. The minimum absolute atomic E-state index is 0.502. The topological polar surface area (TPSA) is 49.2 Å². The normalized spacial score (nSPS) is 12.7. The van der Waals surface area contributed by atoms with E-state index in [9.17, 15) is 5.11 Å². The van der Waals surface area contributed by atoms with Crippen LogP contribution in [0, 0.1) is 0 Å². The van der Waals surface area contributed by atoms with Crippen molar-refractivity contribution in [2.45, 2.75) is 19.6 Å². The molecule has 2 rings (SSSR count). The Morgan fingerprint density at radius 1 is 1.50 bits per heavy atom. The van der Waals surface area contributed by atoms with Gasteiger partial charge in [0.25, 0.3) is 0 Å². The maximum absolute atomic E-state index is 9.39. The Balaban J connectivity index is 2.06. The summed E-state index contributed by atoms with van der Waals surface area (Å²) in [4.78, 5) is 10.6. The molecule has 2 aromatic rings. The van der Waals surface area contributed by atoms with Crippen molar-refractivity contribution >= 4 is 27.8 Å². The van der Waals surface area contributed by atoms with E-state index in [4.69, 9.17) is 0 Å². The zero-order valence-corrected chi connectivity index (χ0v) is 10.8. The Morgan fingerprint density at radius 3 is 2.88 bits per heavy atom. The van der Waals surface area contributed by atoms with Gasteiger partial charge in [-0.15, -0.1) is 22.7 Å². The van der Waals surface area contributed by atoms with Gasteiger partial charge in [-0.25, -0.2) is 9.97 Å². The third-order valence-electron chi connectivity index (χ3n) is 2.15. The largest absolute Gasteiger partial charge is 0.387 e. The summed E-state index contributed by atoms with van der Waals surface area (Å²) < 4.78 is 0. The summed E-state index contributed by atoms with van der Waals surface area (Å²) in [5.74, 6) is 0. The van der Waals surface area contributed by atoms with Crippen LogP contribution in [0.25, 0.3) is 0 Å². The van der Waals surface area contributed by atoms with Gasteiger partial charge >= 0.3 is 0 Å². The van der Waals surface area contributed by atoms with Gasteiger partial charge in [0.15, 0.2) is 5.13 Å². The fourth-order valence-corrected chi connectivity index (χ4v) is 2.70.